The van der Waals surface area contributed by atoms with Crippen molar-refractivity contribution in [2.24, 2.45) is 0 Å². The maximum Gasteiger partial charge on any atom is 0.243 e. The Balaban J connectivity index is 1.46. The summed E-state index contributed by atoms with van der Waals surface area (Å²) in [6, 6.07) is 20.6. The van der Waals surface area contributed by atoms with Crippen molar-refractivity contribution in [3.05, 3.63) is 84.0 Å². The van der Waals surface area contributed by atoms with Crippen molar-refractivity contribution in [1.82, 2.24) is 13.9 Å². The lowest BCUT2D eigenvalue weighted by Gasteiger charge is -2.21. The molecule has 1 fully saturated rings. The number of methoxy groups -OCH3 is 2. The van der Waals surface area contributed by atoms with Gasteiger partial charge in [-0.1, -0.05) is 41.9 Å². The predicted octanol–water partition coefficient (Wildman–Crippen LogP) is 5.00. The van der Waals surface area contributed by atoms with E-state index < -0.39 is 15.9 Å². The molecule has 1 amide bonds. The van der Waals surface area contributed by atoms with Crippen LogP contribution < -0.4 is 14.8 Å². The molecular formula is C28H27ClN4O5S. The number of ether oxygens (including phenoxy) is 2. The number of carbonyl (C=O) groups excluding carboxylic acids is 1. The summed E-state index contributed by atoms with van der Waals surface area (Å²) in [6.07, 6.45) is 3.19. The topological polar surface area (TPSA) is 103 Å². The number of sulfonamides is 1. The lowest BCUT2D eigenvalue weighted by atomic mass is 10.2. The van der Waals surface area contributed by atoms with Crippen LogP contribution in [0.1, 0.15) is 12.8 Å². The number of carbonyl (C=O) groups is 1. The van der Waals surface area contributed by atoms with E-state index in [2.05, 4.69) is 10.3 Å². The van der Waals surface area contributed by atoms with Crippen LogP contribution in [0.5, 0.6) is 11.5 Å². The highest BCUT2D eigenvalue weighted by atomic mass is 35.5. The molecule has 0 spiro atoms. The molecule has 1 aromatic heterocycles. The fourth-order valence-electron chi connectivity index (χ4n) is 4.21. The second kappa shape index (κ2) is 11.1. The number of benzene rings is 3. The van der Waals surface area contributed by atoms with E-state index in [0.29, 0.717) is 40.7 Å². The predicted molar refractivity (Wildman–Crippen MR) is 149 cm³/mol. The van der Waals surface area contributed by atoms with Crippen molar-refractivity contribution < 1.29 is 22.7 Å². The van der Waals surface area contributed by atoms with E-state index in [9.17, 15) is 13.2 Å². The minimum atomic E-state index is -3.90. The number of nitrogens with one attached hydrogen (secondary N) is 1. The van der Waals surface area contributed by atoms with Gasteiger partial charge >= 0.3 is 0 Å². The van der Waals surface area contributed by atoms with Gasteiger partial charge in [0.25, 0.3) is 0 Å². The molecule has 3 aromatic carbocycles. The average molecular weight is 567 g/mol. The number of nitrogens with zero attached hydrogens (tertiary/aromatic N) is 3. The van der Waals surface area contributed by atoms with E-state index in [1.807, 2.05) is 36.4 Å². The van der Waals surface area contributed by atoms with E-state index in [1.54, 1.807) is 37.1 Å². The summed E-state index contributed by atoms with van der Waals surface area (Å²) < 4.78 is 40.5. The second-order valence-electron chi connectivity index (χ2n) is 9.01. The maximum atomic E-state index is 13.4. The van der Waals surface area contributed by atoms with Crippen molar-refractivity contribution in [2.75, 3.05) is 26.1 Å². The van der Waals surface area contributed by atoms with Crippen molar-refractivity contribution >= 4 is 33.5 Å². The Kier molecular flexibility index (Phi) is 7.60. The molecule has 1 aliphatic carbocycles. The number of amides is 1. The molecule has 11 heteroatoms. The molecule has 0 radical (unpaired) electrons. The number of imidazole rings is 1. The maximum absolute atomic E-state index is 13.4. The Hall–Kier alpha value is -3.86. The summed E-state index contributed by atoms with van der Waals surface area (Å²) in [6.45, 7) is -0.352. The molecule has 0 saturated heterocycles. The minimum absolute atomic E-state index is 0.0878. The fraction of sp³-hybridized carbons (Fsp3) is 0.214. The first-order valence-corrected chi connectivity index (χ1v) is 14.1. The Labute approximate surface area is 232 Å². The molecule has 39 heavy (non-hydrogen) atoms. The van der Waals surface area contributed by atoms with Crippen LogP contribution in [0.15, 0.2) is 83.9 Å². The first kappa shape index (κ1) is 26.7. The Bertz CT molecular complexity index is 1590. The molecular weight excluding hydrogens is 540 g/mol. The van der Waals surface area contributed by atoms with Crippen LogP contribution in [-0.2, 0) is 14.8 Å². The molecule has 0 aliphatic heterocycles. The lowest BCUT2D eigenvalue weighted by Crippen LogP contribution is -2.39. The van der Waals surface area contributed by atoms with Gasteiger partial charge in [0, 0.05) is 28.9 Å². The molecule has 1 heterocycles. The molecule has 202 valence electrons. The number of anilines is 1. The average Bonchev–Trinajstić information content (AvgIpc) is 3.71. The third-order valence-corrected chi connectivity index (χ3v) is 8.51. The quantitative estimate of drug-likeness (QED) is 0.290. The molecule has 0 unspecified atom stereocenters. The SMILES string of the molecule is COc1ccc(-n2cc(-c3ccccc3)nc2NC(=O)CN(C2CC2)S(=O)(=O)c2ccc(Cl)cc2)cc1OC. The van der Waals surface area contributed by atoms with Crippen molar-refractivity contribution in [3.63, 3.8) is 0 Å². The van der Waals surface area contributed by atoms with E-state index in [1.165, 1.54) is 28.6 Å². The van der Waals surface area contributed by atoms with Gasteiger partial charge in [-0.25, -0.2) is 13.4 Å². The zero-order chi connectivity index (χ0) is 27.6. The third kappa shape index (κ3) is 5.78. The summed E-state index contributed by atoms with van der Waals surface area (Å²) in [5.41, 5.74) is 2.16. The first-order valence-electron chi connectivity index (χ1n) is 12.2. The molecule has 1 saturated carbocycles. The first-order chi connectivity index (χ1) is 18.8. The smallest absolute Gasteiger partial charge is 0.243 e. The second-order valence-corrected chi connectivity index (χ2v) is 11.3. The number of rotatable bonds is 10. The van der Waals surface area contributed by atoms with Gasteiger partial charge in [-0.15, -0.1) is 0 Å². The zero-order valence-electron chi connectivity index (χ0n) is 21.4. The van der Waals surface area contributed by atoms with Gasteiger partial charge < -0.3 is 9.47 Å². The van der Waals surface area contributed by atoms with Crippen molar-refractivity contribution in [2.45, 2.75) is 23.8 Å². The van der Waals surface area contributed by atoms with E-state index in [0.717, 1.165) is 5.56 Å². The van der Waals surface area contributed by atoms with Crippen LogP contribution in [0.25, 0.3) is 16.9 Å². The molecule has 5 rings (SSSR count). The highest BCUT2D eigenvalue weighted by molar-refractivity contribution is 7.89. The standard InChI is InChI=1S/C28H27ClN4O5S/c1-37-25-15-12-22(16-26(25)38-2)32-17-24(19-6-4-3-5-7-19)30-28(32)31-27(34)18-33(21-10-11-21)39(35,36)23-13-8-20(29)9-14-23/h3-9,12-17,21H,10-11,18H2,1-2H3,(H,30,31,34). The summed E-state index contributed by atoms with van der Waals surface area (Å²) >= 11 is 5.94. The van der Waals surface area contributed by atoms with Crippen molar-refractivity contribution in [3.8, 4) is 28.4 Å². The summed E-state index contributed by atoms with van der Waals surface area (Å²) in [5.74, 6) is 0.802. The Morgan fingerprint density at radius 1 is 1.03 bits per heavy atom. The minimum Gasteiger partial charge on any atom is -0.493 e. The Morgan fingerprint density at radius 3 is 2.36 bits per heavy atom. The number of aromatic nitrogens is 2. The largest absolute Gasteiger partial charge is 0.493 e. The van der Waals surface area contributed by atoms with E-state index in [-0.39, 0.29) is 23.4 Å². The third-order valence-electron chi connectivity index (χ3n) is 6.35. The van der Waals surface area contributed by atoms with Crippen LogP contribution in [0, 0.1) is 0 Å². The molecule has 1 N–H and O–H groups in total. The van der Waals surface area contributed by atoms with E-state index >= 15 is 0 Å². The molecule has 0 bridgehead atoms. The van der Waals surface area contributed by atoms with Gasteiger partial charge in [-0.2, -0.15) is 4.31 Å². The van der Waals surface area contributed by atoms with Gasteiger partial charge in [-0.3, -0.25) is 14.7 Å². The number of halogens is 1. The van der Waals surface area contributed by atoms with Gasteiger partial charge in [0.2, 0.25) is 21.9 Å². The van der Waals surface area contributed by atoms with Crippen LogP contribution in [0.2, 0.25) is 5.02 Å². The fourth-order valence-corrected chi connectivity index (χ4v) is 5.98. The van der Waals surface area contributed by atoms with Gasteiger partial charge in [0.05, 0.1) is 37.0 Å². The van der Waals surface area contributed by atoms with Gasteiger partial charge in [0.15, 0.2) is 11.5 Å². The molecule has 9 nitrogen and oxygen atoms in total. The summed E-state index contributed by atoms with van der Waals surface area (Å²) in [5, 5.41) is 3.26. The Morgan fingerprint density at radius 2 is 1.72 bits per heavy atom. The molecule has 4 aromatic rings. The molecule has 0 atom stereocenters. The van der Waals surface area contributed by atoms with Crippen LogP contribution in [0.3, 0.4) is 0 Å². The van der Waals surface area contributed by atoms with Crippen LogP contribution in [-0.4, -0.2) is 55.0 Å². The van der Waals surface area contributed by atoms with Crippen LogP contribution >= 0.6 is 11.6 Å². The summed E-state index contributed by atoms with van der Waals surface area (Å²) in [7, 11) is -0.806. The lowest BCUT2D eigenvalue weighted by molar-refractivity contribution is -0.116. The highest BCUT2D eigenvalue weighted by Crippen LogP contribution is 2.34. The highest BCUT2D eigenvalue weighted by Gasteiger charge is 2.39. The normalized spacial score (nSPS) is 13.3. The van der Waals surface area contributed by atoms with E-state index in [4.69, 9.17) is 21.1 Å². The number of hydrogen-bond donors (Lipinski definition) is 1. The molecule has 1 aliphatic rings. The van der Waals surface area contributed by atoms with Gasteiger partial charge in [-0.05, 0) is 49.2 Å². The monoisotopic (exact) mass is 566 g/mol. The van der Waals surface area contributed by atoms with Crippen LogP contribution in [0.4, 0.5) is 5.95 Å². The number of hydrogen-bond acceptors (Lipinski definition) is 6. The zero-order valence-corrected chi connectivity index (χ0v) is 22.9. The van der Waals surface area contributed by atoms with Crippen molar-refractivity contribution in [1.29, 1.82) is 0 Å². The summed E-state index contributed by atoms with van der Waals surface area (Å²) in [4.78, 5) is 18.1. The van der Waals surface area contributed by atoms with Gasteiger partial charge in [0.1, 0.15) is 0 Å².